The number of nitrogens with zero attached hydrogens (tertiary/aromatic N) is 6. The molecule has 2 heterocycles. The lowest BCUT2D eigenvalue weighted by Gasteiger charge is -2.28. The number of aromatic nitrogens is 4. The van der Waals surface area contributed by atoms with Gasteiger partial charge in [-0.15, -0.1) is 0 Å². The first-order valence-electron chi connectivity index (χ1n) is 25.0. The molecule has 2 amide bonds. The number of rotatable bonds is 16. The molecule has 2 aliphatic carbocycles. The van der Waals surface area contributed by atoms with Gasteiger partial charge in [0.05, 0.1) is 65.7 Å². The average molecular weight is 1050 g/mol. The minimum atomic E-state index is -0.815. The van der Waals surface area contributed by atoms with Crippen LogP contribution in [0.3, 0.4) is 0 Å². The molecule has 0 saturated heterocycles. The minimum absolute atomic E-state index is 0.0449. The zero-order valence-corrected chi connectivity index (χ0v) is 42.9. The number of benzene rings is 4. The van der Waals surface area contributed by atoms with Crippen molar-refractivity contribution in [1.82, 2.24) is 29.4 Å². The number of phenols is 2. The molecule has 19 heteroatoms. The number of ketones is 3. The molecule has 0 spiro atoms. The first-order valence-corrected chi connectivity index (χ1v) is 25.0. The number of Topliss-reactive ketones (excluding diaryl/α,β-unsaturated/α-hetero) is 3. The Labute approximate surface area is 436 Å². The number of aryl methyl sites for hydroxylation is 2. The molecule has 0 atom stereocenters. The highest BCUT2D eigenvalue weighted by Crippen LogP contribution is 2.35. The summed E-state index contributed by atoms with van der Waals surface area (Å²) >= 11 is 0. The van der Waals surface area contributed by atoms with E-state index in [9.17, 15) is 61.6 Å². The van der Waals surface area contributed by atoms with Crippen LogP contribution < -0.4 is 0 Å². The van der Waals surface area contributed by atoms with Crippen LogP contribution in [0.2, 0.25) is 0 Å². The fraction of sp³-hybridized carbons (Fsp3) is 0.368. The maximum Gasteiger partial charge on any atom is 0.306 e. The van der Waals surface area contributed by atoms with Crippen LogP contribution >= 0.6 is 0 Å². The van der Waals surface area contributed by atoms with E-state index in [0.29, 0.717) is 48.2 Å². The van der Waals surface area contributed by atoms with Crippen LogP contribution in [-0.2, 0) is 22.7 Å². The molecule has 0 radical (unpaired) electrons. The molecular formula is C57H60F4N6O9. The highest BCUT2D eigenvalue weighted by molar-refractivity contribution is 6.05. The van der Waals surface area contributed by atoms with E-state index in [1.807, 2.05) is 0 Å². The standard InChI is InChI=1S/C29H31F2N3O4.C28H29F2N3O5/c1-17-5-4-6-26(36)28(17)27(37)16-33(15-20-11-22(30)13-23(31)12-20)29(38)25-14-32-34(18(25)2)24-9-7-21(8-10-24)19(3)35;1-16-4-3-5-24(34)26(16)25(35)15-32(14-18-10-20(29)12-21(30)11-18)27(36)23-13-31-33(17(23)2)22-8-6-19(7-9-22)28(37)38/h4-6,11-14,21,24,36H,7-10,15-16H2,1-3H3;3-5,10-13,19,22,34H,6-9,14-15H2,1-2H3,(H,37,38). The van der Waals surface area contributed by atoms with Gasteiger partial charge in [0.2, 0.25) is 0 Å². The van der Waals surface area contributed by atoms with Gasteiger partial charge in [0.15, 0.2) is 11.6 Å². The number of amides is 2. The SMILES string of the molecule is CC(=O)C1CCC(n2ncc(C(=O)N(CC(=O)c3c(C)cccc3O)Cc3cc(F)cc(F)c3)c2C)CC1.Cc1cccc(O)c1C(=O)CN(Cc1cc(F)cc(F)c1)C(=O)c1cnn(C2CCC(C(=O)O)CC2)c1C. The van der Waals surface area contributed by atoms with E-state index in [1.54, 1.807) is 68.2 Å². The Morgan fingerprint density at radius 2 is 0.908 bits per heavy atom. The van der Waals surface area contributed by atoms with Crippen molar-refractivity contribution in [3.05, 3.63) is 164 Å². The van der Waals surface area contributed by atoms with Gasteiger partial charge in [-0.2, -0.15) is 10.2 Å². The third kappa shape index (κ3) is 13.1. The fourth-order valence-electron chi connectivity index (χ4n) is 10.4. The van der Waals surface area contributed by atoms with Crippen LogP contribution in [-0.4, -0.2) is 92.9 Å². The van der Waals surface area contributed by atoms with E-state index >= 15 is 0 Å². The van der Waals surface area contributed by atoms with Crippen molar-refractivity contribution >= 4 is 35.1 Å². The van der Waals surface area contributed by atoms with Crippen molar-refractivity contribution in [3.63, 3.8) is 0 Å². The summed E-state index contributed by atoms with van der Waals surface area (Å²) in [6, 6.07) is 15.2. The maximum absolute atomic E-state index is 13.9. The summed E-state index contributed by atoms with van der Waals surface area (Å²) in [5.74, 6) is -6.70. The fourth-order valence-corrected chi connectivity index (χ4v) is 10.4. The topological polar surface area (TPSA) is 205 Å². The number of phenolic OH excluding ortho intramolecular Hbond substituents is 2. The summed E-state index contributed by atoms with van der Waals surface area (Å²) in [5.41, 5.74) is 3.24. The quantitative estimate of drug-likeness (QED) is 0.0614. The van der Waals surface area contributed by atoms with Gasteiger partial charge in [-0.25, -0.2) is 17.6 Å². The molecule has 0 unspecified atom stereocenters. The van der Waals surface area contributed by atoms with Gasteiger partial charge in [0, 0.05) is 42.5 Å². The van der Waals surface area contributed by atoms with Gasteiger partial charge in [0.25, 0.3) is 11.8 Å². The molecule has 4 aromatic carbocycles. The van der Waals surface area contributed by atoms with Crippen LogP contribution in [0.1, 0.15) is 145 Å². The molecule has 2 aromatic heterocycles. The van der Waals surface area contributed by atoms with Crippen LogP contribution in [0.25, 0.3) is 0 Å². The second-order valence-electron chi connectivity index (χ2n) is 19.8. The Morgan fingerprint density at radius 3 is 1.24 bits per heavy atom. The summed E-state index contributed by atoms with van der Waals surface area (Å²) in [6.07, 6.45) is 8.11. The van der Waals surface area contributed by atoms with Crippen molar-refractivity contribution in [2.75, 3.05) is 13.1 Å². The molecule has 8 rings (SSSR count). The largest absolute Gasteiger partial charge is 0.507 e. The number of carbonyl (C=O) groups excluding carboxylic acids is 5. The number of hydrogen-bond donors (Lipinski definition) is 3. The van der Waals surface area contributed by atoms with Gasteiger partial charge < -0.3 is 25.1 Å². The van der Waals surface area contributed by atoms with E-state index in [0.717, 1.165) is 62.1 Å². The number of halogens is 4. The number of carboxylic acid groups (broad SMARTS) is 1. The number of aromatic hydroxyl groups is 2. The third-order valence-electron chi connectivity index (χ3n) is 14.5. The first kappa shape index (κ1) is 55.8. The van der Waals surface area contributed by atoms with E-state index in [1.165, 1.54) is 34.3 Å². The normalized spacial score (nSPS) is 17.3. The predicted molar refractivity (Wildman–Crippen MR) is 271 cm³/mol. The van der Waals surface area contributed by atoms with Crippen molar-refractivity contribution in [3.8, 4) is 11.5 Å². The molecule has 2 aliphatic rings. The van der Waals surface area contributed by atoms with Crippen molar-refractivity contribution in [1.29, 1.82) is 0 Å². The lowest BCUT2D eigenvalue weighted by molar-refractivity contribution is -0.143. The van der Waals surface area contributed by atoms with Crippen molar-refractivity contribution < 1.29 is 61.6 Å². The van der Waals surface area contributed by atoms with Gasteiger partial charge in [-0.05, 0) is 145 Å². The molecule has 0 aliphatic heterocycles. The van der Waals surface area contributed by atoms with Crippen LogP contribution in [0, 0.1) is 62.8 Å². The van der Waals surface area contributed by atoms with E-state index in [4.69, 9.17) is 0 Å². The molecule has 76 heavy (non-hydrogen) atoms. The van der Waals surface area contributed by atoms with Crippen molar-refractivity contribution in [2.45, 2.75) is 111 Å². The van der Waals surface area contributed by atoms with Gasteiger partial charge in [-0.3, -0.25) is 38.1 Å². The number of aliphatic carboxylic acids is 1. The Hall–Kier alpha value is -7.96. The molecule has 0 bridgehead atoms. The van der Waals surface area contributed by atoms with E-state index in [-0.39, 0.29) is 81.8 Å². The zero-order chi connectivity index (χ0) is 55.1. The van der Waals surface area contributed by atoms with Crippen LogP contribution in [0.15, 0.2) is 85.2 Å². The molecular weight excluding hydrogens is 989 g/mol. The average Bonchev–Trinajstić information content (AvgIpc) is 3.94. The molecule has 6 aromatic rings. The summed E-state index contributed by atoms with van der Waals surface area (Å²) in [5, 5.41) is 38.7. The number of hydrogen-bond acceptors (Lipinski definition) is 10. The first-order chi connectivity index (χ1) is 36.1. The lowest BCUT2D eigenvalue weighted by atomic mass is 9.84. The summed E-state index contributed by atoms with van der Waals surface area (Å²) in [7, 11) is 0. The molecule has 2 fully saturated rings. The summed E-state index contributed by atoms with van der Waals surface area (Å²) < 4.78 is 59.1. The van der Waals surface area contributed by atoms with E-state index in [2.05, 4.69) is 10.2 Å². The molecule has 2 saturated carbocycles. The Balaban J connectivity index is 0.000000221. The third-order valence-corrected chi connectivity index (χ3v) is 14.5. The molecule has 400 valence electrons. The van der Waals surface area contributed by atoms with Gasteiger partial charge in [-0.1, -0.05) is 24.3 Å². The second kappa shape index (κ2) is 24.1. The smallest absolute Gasteiger partial charge is 0.306 e. The zero-order valence-electron chi connectivity index (χ0n) is 42.9. The molecule has 15 nitrogen and oxygen atoms in total. The Bertz CT molecular complexity index is 2880. The highest BCUT2D eigenvalue weighted by atomic mass is 19.1. The lowest BCUT2D eigenvalue weighted by Crippen LogP contribution is -2.36. The monoisotopic (exact) mass is 1050 g/mol. The minimum Gasteiger partial charge on any atom is -0.507 e. The molecule has 3 N–H and O–H groups in total. The highest BCUT2D eigenvalue weighted by Gasteiger charge is 2.33. The van der Waals surface area contributed by atoms with E-state index < -0.39 is 71.6 Å². The van der Waals surface area contributed by atoms with Crippen LogP contribution in [0.4, 0.5) is 17.6 Å². The summed E-state index contributed by atoms with van der Waals surface area (Å²) in [6.45, 7) is 7.11. The van der Waals surface area contributed by atoms with Crippen LogP contribution in [0.5, 0.6) is 11.5 Å². The number of carbonyl (C=O) groups is 6. The Kier molecular flexibility index (Phi) is 17.7. The second-order valence-corrected chi connectivity index (χ2v) is 19.8. The number of carboxylic acids is 1. The summed E-state index contributed by atoms with van der Waals surface area (Å²) in [4.78, 5) is 79.3. The van der Waals surface area contributed by atoms with Gasteiger partial charge in [0.1, 0.15) is 40.6 Å². The predicted octanol–water partition coefficient (Wildman–Crippen LogP) is 10.2. The maximum atomic E-state index is 13.9. The van der Waals surface area contributed by atoms with Crippen molar-refractivity contribution in [2.24, 2.45) is 11.8 Å². The Morgan fingerprint density at radius 1 is 0.553 bits per heavy atom. The van der Waals surface area contributed by atoms with Gasteiger partial charge >= 0.3 is 5.97 Å².